The maximum atomic E-state index is 12.6. The number of nitrogens with zero attached hydrogens (tertiary/aromatic N) is 1. The molecule has 106 valence electrons. The average molecular weight is 283 g/mol. The summed E-state index contributed by atoms with van der Waals surface area (Å²) in [7, 11) is 0. The van der Waals surface area contributed by atoms with Gasteiger partial charge in [-0.15, -0.1) is 0 Å². The number of rotatable bonds is 3. The van der Waals surface area contributed by atoms with E-state index in [1.165, 1.54) is 6.42 Å². The van der Waals surface area contributed by atoms with Gasteiger partial charge in [-0.3, -0.25) is 4.79 Å². The minimum absolute atomic E-state index is 0.170. The molecule has 3 fully saturated rings. The summed E-state index contributed by atoms with van der Waals surface area (Å²) in [5.74, 6) is 3.36. The van der Waals surface area contributed by atoms with Gasteiger partial charge in [0.2, 0.25) is 5.91 Å². The first-order valence-corrected chi connectivity index (χ1v) is 8.41. The second-order valence-corrected chi connectivity index (χ2v) is 6.95. The highest BCUT2D eigenvalue weighted by atomic mass is 32.2. The van der Waals surface area contributed by atoms with Crippen molar-refractivity contribution in [1.82, 2.24) is 4.90 Å². The smallest absolute Gasteiger partial charge is 0.329 e. The number of hydrogen-bond acceptors (Lipinski definition) is 4. The lowest BCUT2D eigenvalue weighted by Crippen LogP contribution is -2.52. The Kier molecular flexibility index (Phi) is 3.74. The van der Waals surface area contributed by atoms with Crippen molar-refractivity contribution >= 4 is 23.6 Å². The van der Waals surface area contributed by atoms with Crippen LogP contribution in [0.15, 0.2) is 0 Å². The molecule has 0 aromatic heterocycles. The summed E-state index contributed by atoms with van der Waals surface area (Å²) in [5.41, 5.74) is 0. The molecule has 3 rings (SSSR count). The summed E-state index contributed by atoms with van der Waals surface area (Å²) < 4.78 is 5.11. The third kappa shape index (κ3) is 2.62. The van der Waals surface area contributed by atoms with Crippen LogP contribution in [0.1, 0.15) is 26.2 Å². The molecule has 3 aliphatic rings. The molecule has 2 aliphatic carbocycles. The third-order valence-electron chi connectivity index (χ3n) is 4.56. The normalized spacial score (nSPS) is 36.8. The van der Waals surface area contributed by atoms with Crippen LogP contribution >= 0.6 is 11.8 Å². The summed E-state index contributed by atoms with van der Waals surface area (Å²) in [5, 5.41) is 0. The molecule has 1 amide bonds. The van der Waals surface area contributed by atoms with Gasteiger partial charge in [0.25, 0.3) is 0 Å². The fourth-order valence-corrected chi connectivity index (χ4v) is 4.48. The van der Waals surface area contributed by atoms with Crippen molar-refractivity contribution in [2.45, 2.75) is 32.2 Å². The van der Waals surface area contributed by atoms with Crippen molar-refractivity contribution in [3.63, 3.8) is 0 Å². The monoisotopic (exact) mass is 283 g/mol. The van der Waals surface area contributed by atoms with Gasteiger partial charge in [0.05, 0.1) is 6.61 Å². The van der Waals surface area contributed by atoms with Crippen molar-refractivity contribution in [2.75, 3.05) is 24.7 Å². The standard InChI is InChI=1S/C14H21NO3S/c1-2-18-14(17)12-8-19-4-3-15(12)13(16)11-6-9-5-10(9)7-11/h9-12H,2-8H2,1H3. The van der Waals surface area contributed by atoms with E-state index in [0.717, 1.165) is 30.4 Å². The summed E-state index contributed by atoms with van der Waals surface area (Å²) >= 11 is 1.74. The number of amides is 1. The quantitative estimate of drug-likeness (QED) is 0.737. The van der Waals surface area contributed by atoms with Gasteiger partial charge in [0.15, 0.2) is 0 Å². The zero-order valence-electron chi connectivity index (χ0n) is 11.3. The average Bonchev–Trinajstić information content (AvgIpc) is 3.04. The van der Waals surface area contributed by atoms with Crippen LogP contribution in [0.5, 0.6) is 0 Å². The van der Waals surface area contributed by atoms with Gasteiger partial charge < -0.3 is 9.64 Å². The third-order valence-corrected chi connectivity index (χ3v) is 5.59. The summed E-state index contributed by atoms with van der Waals surface area (Å²) in [4.78, 5) is 26.4. The van der Waals surface area contributed by atoms with Crippen LogP contribution in [0.25, 0.3) is 0 Å². The van der Waals surface area contributed by atoms with Crippen LogP contribution in [0.2, 0.25) is 0 Å². The van der Waals surface area contributed by atoms with E-state index >= 15 is 0 Å². The lowest BCUT2D eigenvalue weighted by molar-refractivity contribution is -0.155. The summed E-state index contributed by atoms with van der Waals surface area (Å²) in [6, 6.07) is -0.358. The number of esters is 1. The van der Waals surface area contributed by atoms with Gasteiger partial charge in [-0.25, -0.2) is 4.79 Å². The number of thioether (sulfide) groups is 1. The van der Waals surface area contributed by atoms with E-state index in [4.69, 9.17) is 4.74 Å². The van der Waals surface area contributed by atoms with Crippen LogP contribution in [0.3, 0.4) is 0 Å². The van der Waals surface area contributed by atoms with Gasteiger partial charge >= 0.3 is 5.97 Å². The zero-order chi connectivity index (χ0) is 13.4. The first-order chi connectivity index (χ1) is 9.20. The molecule has 0 N–H and O–H groups in total. The molecule has 4 nitrogen and oxygen atoms in total. The lowest BCUT2D eigenvalue weighted by Gasteiger charge is -2.35. The Balaban J connectivity index is 1.65. The number of ether oxygens (including phenoxy) is 1. The van der Waals surface area contributed by atoms with E-state index < -0.39 is 0 Å². The van der Waals surface area contributed by atoms with Crippen molar-refractivity contribution < 1.29 is 14.3 Å². The molecule has 3 unspecified atom stereocenters. The number of carbonyl (C=O) groups excluding carboxylic acids is 2. The number of hydrogen-bond donors (Lipinski definition) is 0. The minimum atomic E-state index is -0.358. The van der Waals surface area contributed by atoms with Gasteiger partial charge in [-0.2, -0.15) is 11.8 Å². The molecule has 2 saturated carbocycles. The van der Waals surface area contributed by atoms with Crippen LogP contribution in [-0.2, 0) is 14.3 Å². The van der Waals surface area contributed by atoms with Gasteiger partial charge in [-0.05, 0) is 38.0 Å². The molecule has 5 heteroatoms. The van der Waals surface area contributed by atoms with Crippen LogP contribution < -0.4 is 0 Å². The molecule has 1 heterocycles. The Morgan fingerprint density at radius 2 is 2.00 bits per heavy atom. The second kappa shape index (κ2) is 5.35. The Morgan fingerprint density at radius 1 is 1.26 bits per heavy atom. The van der Waals surface area contributed by atoms with E-state index in [-0.39, 0.29) is 23.8 Å². The van der Waals surface area contributed by atoms with E-state index in [1.54, 1.807) is 16.7 Å². The molecule has 0 aromatic carbocycles. The van der Waals surface area contributed by atoms with E-state index in [0.29, 0.717) is 18.9 Å². The summed E-state index contributed by atoms with van der Waals surface area (Å²) in [6.07, 6.45) is 3.41. The molecule has 3 atom stereocenters. The molecule has 0 spiro atoms. The topological polar surface area (TPSA) is 46.6 Å². The van der Waals surface area contributed by atoms with Gasteiger partial charge in [-0.1, -0.05) is 0 Å². The van der Waals surface area contributed by atoms with Crippen LogP contribution in [0.4, 0.5) is 0 Å². The van der Waals surface area contributed by atoms with Crippen molar-refractivity contribution in [3.05, 3.63) is 0 Å². The predicted octanol–water partition coefficient (Wildman–Crippen LogP) is 1.54. The van der Waals surface area contributed by atoms with E-state index in [1.807, 2.05) is 6.92 Å². The van der Waals surface area contributed by atoms with Crippen LogP contribution in [-0.4, -0.2) is 47.5 Å². The molecule has 0 radical (unpaired) electrons. The van der Waals surface area contributed by atoms with Crippen molar-refractivity contribution in [2.24, 2.45) is 17.8 Å². The highest BCUT2D eigenvalue weighted by Gasteiger charge is 2.50. The Hall–Kier alpha value is -0.710. The Bertz CT molecular complexity index is 377. The Morgan fingerprint density at radius 3 is 2.68 bits per heavy atom. The van der Waals surface area contributed by atoms with Crippen molar-refractivity contribution in [3.8, 4) is 0 Å². The zero-order valence-corrected chi connectivity index (χ0v) is 12.2. The van der Waals surface area contributed by atoms with Crippen molar-refractivity contribution in [1.29, 1.82) is 0 Å². The second-order valence-electron chi connectivity index (χ2n) is 5.80. The molecule has 1 saturated heterocycles. The van der Waals surface area contributed by atoms with Gasteiger partial charge in [0.1, 0.15) is 6.04 Å². The highest BCUT2D eigenvalue weighted by Crippen LogP contribution is 2.54. The maximum absolute atomic E-state index is 12.6. The Labute approximate surface area is 118 Å². The predicted molar refractivity (Wildman–Crippen MR) is 73.8 cm³/mol. The number of carbonyl (C=O) groups is 2. The maximum Gasteiger partial charge on any atom is 0.329 e. The molecule has 0 bridgehead atoms. The fourth-order valence-electron chi connectivity index (χ4n) is 3.45. The SMILES string of the molecule is CCOC(=O)C1CSCCN1C(=O)C1CC2CC2C1. The molecular weight excluding hydrogens is 262 g/mol. The fraction of sp³-hybridized carbons (Fsp3) is 0.857. The first-order valence-electron chi connectivity index (χ1n) is 7.25. The summed E-state index contributed by atoms with van der Waals surface area (Å²) in [6.45, 7) is 2.89. The van der Waals surface area contributed by atoms with E-state index in [9.17, 15) is 9.59 Å². The largest absolute Gasteiger partial charge is 0.464 e. The highest BCUT2D eigenvalue weighted by molar-refractivity contribution is 7.99. The first kappa shape index (κ1) is 13.3. The molecular formula is C14H21NO3S. The number of fused-ring (bicyclic) bond motifs is 1. The molecule has 0 aromatic rings. The lowest BCUT2D eigenvalue weighted by atomic mass is 10.0. The van der Waals surface area contributed by atoms with E-state index in [2.05, 4.69) is 0 Å². The molecule has 1 aliphatic heterocycles. The molecule has 19 heavy (non-hydrogen) atoms. The van der Waals surface area contributed by atoms with Crippen LogP contribution in [0, 0.1) is 17.8 Å². The van der Waals surface area contributed by atoms with Gasteiger partial charge in [0, 0.05) is 24.0 Å². The minimum Gasteiger partial charge on any atom is -0.464 e.